The maximum absolute atomic E-state index is 13.3. The van der Waals surface area contributed by atoms with Crippen molar-refractivity contribution in [3.05, 3.63) is 28.2 Å². The van der Waals surface area contributed by atoms with Gasteiger partial charge in [0.1, 0.15) is 5.75 Å². The lowest BCUT2D eigenvalue weighted by atomic mass is 10.0. The Morgan fingerprint density at radius 3 is 2.69 bits per heavy atom. The Morgan fingerprint density at radius 2 is 2.12 bits per heavy atom. The predicted octanol–water partition coefficient (Wildman–Crippen LogP) is 4.40. The summed E-state index contributed by atoms with van der Waals surface area (Å²) < 4.78 is 45.1. The van der Waals surface area contributed by atoms with E-state index in [1.54, 1.807) is 0 Å². The molecule has 0 radical (unpaired) electrons. The van der Waals surface area contributed by atoms with Crippen LogP contribution in [0.2, 0.25) is 10.0 Å². The highest BCUT2D eigenvalue weighted by Crippen LogP contribution is 2.41. The lowest BCUT2D eigenvalue weighted by Crippen LogP contribution is -2.57. The van der Waals surface area contributed by atoms with Gasteiger partial charge >= 0.3 is 6.18 Å². The van der Waals surface area contributed by atoms with Gasteiger partial charge in [-0.15, -0.1) is 0 Å². The number of unbranched alkanes of at least 4 members (excludes halogenated alkanes) is 1. The molecule has 0 aliphatic carbocycles. The number of rotatable bonds is 6. The molecule has 0 unspecified atom stereocenters. The normalized spacial score (nSPS) is 20.3. The number of benzene rings is 1. The van der Waals surface area contributed by atoms with Crippen LogP contribution in [0.25, 0.3) is 0 Å². The van der Waals surface area contributed by atoms with Crippen LogP contribution in [-0.2, 0) is 4.79 Å². The highest BCUT2D eigenvalue weighted by Gasteiger charge is 2.63. The van der Waals surface area contributed by atoms with Crippen LogP contribution in [0.1, 0.15) is 32.6 Å². The van der Waals surface area contributed by atoms with E-state index in [9.17, 15) is 23.1 Å². The van der Waals surface area contributed by atoms with E-state index in [0.717, 1.165) is 6.42 Å². The van der Waals surface area contributed by atoms with Crippen molar-refractivity contribution in [1.29, 1.82) is 0 Å². The number of halogens is 5. The topological polar surface area (TPSA) is 62.1 Å². The molecule has 144 valence electrons. The van der Waals surface area contributed by atoms with Gasteiger partial charge in [0.2, 0.25) is 0 Å². The third-order valence-electron chi connectivity index (χ3n) is 3.80. The zero-order chi connectivity index (χ0) is 19.5. The second-order valence-corrected chi connectivity index (χ2v) is 6.67. The van der Waals surface area contributed by atoms with Gasteiger partial charge in [-0.05, 0) is 31.0 Å². The molecule has 1 atom stereocenters. The summed E-state index contributed by atoms with van der Waals surface area (Å²) in [6.45, 7) is 1.10. The van der Waals surface area contributed by atoms with Gasteiger partial charge in [0.05, 0.1) is 5.02 Å². The van der Waals surface area contributed by atoms with Crippen LogP contribution in [0.5, 0.6) is 5.75 Å². The van der Waals surface area contributed by atoms with E-state index >= 15 is 0 Å². The molecule has 1 amide bonds. The Balaban J connectivity index is 2.15. The van der Waals surface area contributed by atoms with Crippen LogP contribution in [0.15, 0.2) is 23.3 Å². The fourth-order valence-corrected chi connectivity index (χ4v) is 2.88. The van der Waals surface area contributed by atoms with Crippen LogP contribution in [-0.4, -0.2) is 40.2 Å². The summed E-state index contributed by atoms with van der Waals surface area (Å²) >= 11 is 11.6. The van der Waals surface area contributed by atoms with E-state index in [1.165, 1.54) is 18.2 Å². The van der Waals surface area contributed by atoms with Crippen LogP contribution in [0, 0.1) is 0 Å². The van der Waals surface area contributed by atoms with Crippen molar-refractivity contribution in [2.24, 2.45) is 5.10 Å². The molecule has 26 heavy (non-hydrogen) atoms. The molecule has 1 aliphatic heterocycles. The Kier molecular flexibility index (Phi) is 6.42. The number of alkyl halides is 3. The Labute approximate surface area is 158 Å². The molecule has 0 saturated heterocycles. The molecular weight excluding hydrogens is 396 g/mol. The fraction of sp³-hybridized carbons (Fsp3) is 0.500. The second-order valence-electron chi connectivity index (χ2n) is 5.83. The maximum atomic E-state index is 13.3. The summed E-state index contributed by atoms with van der Waals surface area (Å²) in [6, 6.07) is 4.20. The third-order valence-corrected chi connectivity index (χ3v) is 4.33. The van der Waals surface area contributed by atoms with Gasteiger partial charge in [0.15, 0.2) is 6.61 Å². The minimum atomic E-state index is -5.06. The molecule has 2 rings (SSSR count). The number of aliphatic hydroxyl groups is 1. The van der Waals surface area contributed by atoms with Gasteiger partial charge in [-0.1, -0.05) is 36.5 Å². The quantitative estimate of drug-likeness (QED) is 0.752. The number of carbonyl (C=O) groups excluding carboxylic acids is 1. The Morgan fingerprint density at radius 1 is 1.42 bits per heavy atom. The van der Waals surface area contributed by atoms with E-state index in [4.69, 9.17) is 27.9 Å². The SMILES string of the molecule is CCCCC1=NN(C(=O)COc2ccc(Cl)cc2Cl)[C@](O)(C(F)(F)F)C1. The van der Waals surface area contributed by atoms with Gasteiger partial charge < -0.3 is 9.84 Å². The molecule has 1 heterocycles. The lowest BCUT2D eigenvalue weighted by Gasteiger charge is -2.32. The van der Waals surface area contributed by atoms with E-state index in [0.29, 0.717) is 11.4 Å². The number of hydrogen-bond acceptors (Lipinski definition) is 4. The molecule has 0 bridgehead atoms. The second kappa shape index (κ2) is 8.02. The first kappa shape index (κ1) is 20.8. The third kappa shape index (κ3) is 4.42. The van der Waals surface area contributed by atoms with Crippen molar-refractivity contribution in [1.82, 2.24) is 5.01 Å². The van der Waals surface area contributed by atoms with Crippen LogP contribution >= 0.6 is 23.2 Å². The first-order valence-corrected chi connectivity index (χ1v) is 8.60. The number of hydrogen-bond donors (Lipinski definition) is 1. The van der Waals surface area contributed by atoms with Crippen molar-refractivity contribution < 1.29 is 27.8 Å². The first-order chi connectivity index (χ1) is 12.1. The minimum Gasteiger partial charge on any atom is -0.482 e. The number of carbonyl (C=O) groups is 1. The molecule has 1 aromatic rings. The standard InChI is InChI=1S/C16H17Cl2F3N2O3/c1-2-3-4-11-8-15(25,16(19,20)21)23(22-11)14(24)9-26-13-6-5-10(17)7-12(13)18/h5-7,25H,2-4,8-9H2,1H3/t15-/m1/s1. The average Bonchev–Trinajstić information content (AvgIpc) is 2.90. The molecule has 5 nitrogen and oxygen atoms in total. The van der Waals surface area contributed by atoms with Gasteiger partial charge in [-0.3, -0.25) is 4.79 Å². The van der Waals surface area contributed by atoms with Crippen LogP contribution in [0.4, 0.5) is 13.2 Å². The minimum absolute atomic E-state index is 0.0574. The fourth-order valence-electron chi connectivity index (χ4n) is 2.41. The molecular formula is C16H17Cl2F3N2O3. The maximum Gasteiger partial charge on any atom is 0.438 e. The summed E-state index contributed by atoms with van der Waals surface area (Å²) in [5.74, 6) is -1.06. The largest absolute Gasteiger partial charge is 0.482 e. The van der Waals surface area contributed by atoms with Crippen molar-refractivity contribution in [2.45, 2.75) is 44.5 Å². The number of hydrazone groups is 1. The zero-order valence-electron chi connectivity index (χ0n) is 13.8. The number of amides is 1. The number of ether oxygens (including phenoxy) is 1. The van der Waals surface area contributed by atoms with E-state index in [1.807, 2.05) is 6.92 Å². The molecule has 1 aromatic carbocycles. The van der Waals surface area contributed by atoms with Crippen LogP contribution < -0.4 is 4.74 Å². The first-order valence-electron chi connectivity index (χ1n) is 7.85. The Hall–Kier alpha value is -1.51. The molecule has 0 spiro atoms. The van der Waals surface area contributed by atoms with Gasteiger partial charge in [-0.25, -0.2) is 0 Å². The van der Waals surface area contributed by atoms with Gasteiger partial charge in [-0.2, -0.15) is 23.3 Å². The molecule has 0 fully saturated rings. The lowest BCUT2D eigenvalue weighted by molar-refractivity contribution is -0.302. The summed E-state index contributed by atoms with van der Waals surface area (Å²) in [4.78, 5) is 12.2. The van der Waals surface area contributed by atoms with Crippen LogP contribution in [0.3, 0.4) is 0 Å². The van der Waals surface area contributed by atoms with E-state index in [2.05, 4.69) is 5.10 Å². The average molecular weight is 413 g/mol. The summed E-state index contributed by atoms with van der Waals surface area (Å²) in [5, 5.41) is 14.3. The predicted molar refractivity (Wildman–Crippen MR) is 91.4 cm³/mol. The smallest absolute Gasteiger partial charge is 0.438 e. The molecule has 10 heteroatoms. The van der Waals surface area contributed by atoms with Crippen molar-refractivity contribution in [3.8, 4) is 5.75 Å². The number of nitrogens with zero attached hydrogens (tertiary/aromatic N) is 2. The highest BCUT2D eigenvalue weighted by molar-refractivity contribution is 6.35. The highest BCUT2D eigenvalue weighted by atomic mass is 35.5. The molecule has 1 N–H and O–H groups in total. The summed E-state index contributed by atoms with van der Waals surface area (Å²) in [7, 11) is 0. The van der Waals surface area contributed by atoms with Crippen molar-refractivity contribution >= 4 is 34.8 Å². The van der Waals surface area contributed by atoms with Crippen molar-refractivity contribution in [3.63, 3.8) is 0 Å². The van der Waals surface area contributed by atoms with Crippen molar-refractivity contribution in [2.75, 3.05) is 6.61 Å². The van der Waals surface area contributed by atoms with Gasteiger partial charge in [0.25, 0.3) is 11.6 Å². The molecule has 1 aliphatic rings. The molecule has 0 aromatic heterocycles. The van der Waals surface area contributed by atoms with Gasteiger partial charge in [0, 0.05) is 17.2 Å². The van der Waals surface area contributed by atoms with E-state index in [-0.39, 0.29) is 27.9 Å². The zero-order valence-corrected chi connectivity index (χ0v) is 15.3. The Bertz CT molecular complexity index is 712. The monoisotopic (exact) mass is 412 g/mol. The van der Waals surface area contributed by atoms with E-state index < -0.39 is 30.8 Å². The summed E-state index contributed by atoms with van der Waals surface area (Å²) in [5.41, 5.74) is -3.26. The summed E-state index contributed by atoms with van der Waals surface area (Å²) in [6.07, 6.45) is -4.22. The molecule has 0 saturated carbocycles.